The molecule has 0 saturated carbocycles. The first-order valence-electron chi connectivity index (χ1n) is 9.02. The summed E-state index contributed by atoms with van der Waals surface area (Å²) in [7, 11) is 0. The van der Waals surface area contributed by atoms with E-state index in [0.29, 0.717) is 5.92 Å². The molecule has 3 aromatic rings. The number of imidazole rings is 1. The van der Waals surface area contributed by atoms with Crippen molar-refractivity contribution in [3.8, 4) is 0 Å². The second kappa shape index (κ2) is 7.09. The Morgan fingerprint density at radius 3 is 2.80 bits per heavy atom. The van der Waals surface area contributed by atoms with Crippen molar-refractivity contribution in [1.82, 2.24) is 14.5 Å². The highest BCUT2D eigenvalue weighted by Gasteiger charge is 2.25. The number of hydrogen-bond donors (Lipinski definition) is 0. The average Bonchev–Trinajstić information content (AvgIpc) is 3.11. The second-order valence-corrected chi connectivity index (χ2v) is 6.84. The van der Waals surface area contributed by atoms with Gasteiger partial charge < -0.3 is 9.47 Å². The molecule has 0 aliphatic carbocycles. The molecule has 3 heterocycles. The molecule has 0 spiro atoms. The van der Waals surface area contributed by atoms with Gasteiger partial charge in [0.05, 0.1) is 0 Å². The van der Waals surface area contributed by atoms with Crippen molar-refractivity contribution in [2.24, 2.45) is 0 Å². The fourth-order valence-corrected chi connectivity index (χ4v) is 3.74. The Bertz CT molecular complexity index is 825. The van der Waals surface area contributed by atoms with E-state index in [1.54, 1.807) is 0 Å². The standard InChI is InChI=1S/C21H24N4/c1-17-14-20(9-10-22-17)24-12-5-8-19(16-24)21-23-11-13-25(21)15-18-6-3-2-4-7-18/h2-4,6-7,9-11,13-14,19H,5,8,12,15-16H2,1H3/t19-/m0/s1. The molecule has 4 nitrogen and oxygen atoms in total. The Kier molecular flexibility index (Phi) is 4.51. The van der Waals surface area contributed by atoms with Crippen LogP contribution in [0.3, 0.4) is 0 Å². The van der Waals surface area contributed by atoms with Gasteiger partial charge in [-0.2, -0.15) is 0 Å². The molecule has 0 unspecified atom stereocenters. The zero-order valence-corrected chi connectivity index (χ0v) is 14.7. The zero-order valence-electron chi connectivity index (χ0n) is 14.7. The van der Waals surface area contributed by atoms with Gasteiger partial charge in [-0.15, -0.1) is 0 Å². The normalized spacial score (nSPS) is 17.6. The summed E-state index contributed by atoms with van der Waals surface area (Å²) in [4.78, 5) is 11.5. The maximum absolute atomic E-state index is 4.71. The molecule has 1 aliphatic heterocycles. The van der Waals surface area contributed by atoms with Crippen molar-refractivity contribution in [2.45, 2.75) is 32.2 Å². The fraction of sp³-hybridized carbons (Fsp3) is 0.333. The molecule has 1 saturated heterocycles. The van der Waals surface area contributed by atoms with E-state index in [9.17, 15) is 0 Å². The first-order valence-corrected chi connectivity index (χ1v) is 9.02. The van der Waals surface area contributed by atoms with Gasteiger partial charge in [0.25, 0.3) is 0 Å². The lowest BCUT2D eigenvalue weighted by Crippen LogP contribution is -2.35. The van der Waals surface area contributed by atoms with E-state index < -0.39 is 0 Å². The molecule has 1 aromatic carbocycles. The highest BCUT2D eigenvalue weighted by atomic mass is 15.2. The minimum Gasteiger partial charge on any atom is -0.371 e. The molecular formula is C21H24N4. The lowest BCUT2D eigenvalue weighted by Gasteiger charge is -2.34. The number of rotatable bonds is 4. The van der Waals surface area contributed by atoms with Gasteiger partial charge in [0.15, 0.2) is 0 Å². The third-order valence-corrected chi connectivity index (χ3v) is 4.98. The van der Waals surface area contributed by atoms with Crippen LogP contribution in [0.5, 0.6) is 0 Å². The van der Waals surface area contributed by atoms with E-state index in [2.05, 4.69) is 70.0 Å². The third-order valence-electron chi connectivity index (χ3n) is 4.98. The molecule has 4 rings (SSSR count). The molecule has 25 heavy (non-hydrogen) atoms. The summed E-state index contributed by atoms with van der Waals surface area (Å²) in [5.41, 5.74) is 3.67. The Labute approximate surface area is 149 Å². The van der Waals surface area contributed by atoms with Gasteiger partial charge in [-0.25, -0.2) is 4.98 Å². The summed E-state index contributed by atoms with van der Waals surface area (Å²) in [6, 6.07) is 14.9. The minimum absolute atomic E-state index is 0.473. The van der Waals surface area contributed by atoms with Crippen molar-refractivity contribution in [1.29, 1.82) is 0 Å². The summed E-state index contributed by atoms with van der Waals surface area (Å²) >= 11 is 0. The van der Waals surface area contributed by atoms with E-state index >= 15 is 0 Å². The summed E-state index contributed by atoms with van der Waals surface area (Å²) in [6.45, 7) is 5.08. The lowest BCUT2D eigenvalue weighted by molar-refractivity contribution is 0.476. The number of nitrogens with zero attached hydrogens (tertiary/aromatic N) is 4. The fourth-order valence-electron chi connectivity index (χ4n) is 3.74. The van der Waals surface area contributed by atoms with Crippen LogP contribution in [0.25, 0.3) is 0 Å². The Morgan fingerprint density at radius 2 is 1.96 bits per heavy atom. The van der Waals surface area contributed by atoms with Crippen LogP contribution in [0.15, 0.2) is 61.1 Å². The highest BCUT2D eigenvalue weighted by molar-refractivity contribution is 5.47. The van der Waals surface area contributed by atoms with Gasteiger partial charge in [0, 0.05) is 55.5 Å². The van der Waals surface area contributed by atoms with Crippen molar-refractivity contribution in [2.75, 3.05) is 18.0 Å². The molecule has 0 bridgehead atoms. The van der Waals surface area contributed by atoms with Crippen molar-refractivity contribution < 1.29 is 0 Å². The maximum atomic E-state index is 4.71. The molecule has 1 atom stereocenters. The average molecular weight is 332 g/mol. The predicted molar refractivity (Wildman–Crippen MR) is 101 cm³/mol. The van der Waals surface area contributed by atoms with Crippen LogP contribution in [0.4, 0.5) is 5.69 Å². The number of benzene rings is 1. The number of aryl methyl sites for hydroxylation is 1. The molecule has 4 heteroatoms. The lowest BCUT2D eigenvalue weighted by atomic mass is 9.96. The van der Waals surface area contributed by atoms with Crippen LogP contribution in [0.1, 0.15) is 35.8 Å². The first kappa shape index (κ1) is 15.9. The van der Waals surface area contributed by atoms with Crippen molar-refractivity contribution in [3.63, 3.8) is 0 Å². The Balaban J connectivity index is 1.53. The highest BCUT2D eigenvalue weighted by Crippen LogP contribution is 2.29. The van der Waals surface area contributed by atoms with Crippen molar-refractivity contribution in [3.05, 3.63) is 78.1 Å². The summed E-state index contributed by atoms with van der Waals surface area (Å²) < 4.78 is 2.31. The Morgan fingerprint density at radius 1 is 1.08 bits per heavy atom. The molecule has 2 aromatic heterocycles. The SMILES string of the molecule is Cc1cc(N2CCC[C@H](c3nccn3Cc3ccccc3)C2)ccn1. The molecule has 128 valence electrons. The summed E-state index contributed by atoms with van der Waals surface area (Å²) in [6.07, 6.45) is 8.35. The second-order valence-electron chi connectivity index (χ2n) is 6.84. The van der Waals surface area contributed by atoms with Gasteiger partial charge in [0.2, 0.25) is 0 Å². The van der Waals surface area contributed by atoms with Gasteiger partial charge in [0.1, 0.15) is 5.82 Å². The summed E-state index contributed by atoms with van der Waals surface area (Å²) in [5, 5.41) is 0. The van der Waals surface area contributed by atoms with Gasteiger partial charge in [-0.3, -0.25) is 4.98 Å². The smallest absolute Gasteiger partial charge is 0.113 e. The number of aromatic nitrogens is 3. The first-order chi connectivity index (χ1) is 12.3. The molecular weight excluding hydrogens is 308 g/mol. The topological polar surface area (TPSA) is 34.0 Å². The van der Waals surface area contributed by atoms with Crippen LogP contribution in [-0.4, -0.2) is 27.6 Å². The van der Waals surface area contributed by atoms with Crippen LogP contribution in [-0.2, 0) is 6.54 Å². The summed E-state index contributed by atoms with van der Waals surface area (Å²) in [5.74, 6) is 1.68. The largest absolute Gasteiger partial charge is 0.371 e. The van der Waals surface area contributed by atoms with E-state index in [0.717, 1.165) is 25.3 Å². The number of piperidine rings is 1. The quantitative estimate of drug-likeness (QED) is 0.724. The van der Waals surface area contributed by atoms with E-state index in [4.69, 9.17) is 4.98 Å². The van der Waals surface area contributed by atoms with Crippen LogP contribution in [0.2, 0.25) is 0 Å². The molecule has 0 amide bonds. The zero-order chi connectivity index (χ0) is 17.1. The van der Waals surface area contributed by atoms with E-state index in [1.165, 1.54) is 29.9 Å². The molecule has 0 radical (unpaired) electrons. The third kappa shape index (κ3) is 3.58. The molecule has 1 fully saturated rings. The van der Waals surface area contributed by atoms with Crippen LogP contribution < -0.4 is 4.90 Å². The Hall–Kier alpha value is -2.62. The van der Waals surface area contributed by atoms with Crippen LogP contribution >= 0.6 is 0 Å². The van der Waals surface area contributed by atoms with E-state index in [-0.39, 0.29) is 0 Å². The minimum atomic E-state index is 0.473. The number of hydrogen-bond acceptors (Lipinski definition) is 3. The number of pyridine rings is 1. The van der Waals surface area contributed by atoms with E-state index in [1.807, 2.05) is 12.4 Å². The molecule has 0 N–H and O–H groups in total. The maximum Gasteiger partial charge on any atom is 0.113 e. The van der Waals surface area contributed by atoms with Crippen LogP contribution in [0, 0.1) is 6.92 Å². The van der Waals surface area contributed by atoms with Gasteiger partial charge in [-0.1, -0.05) is 30.3 Å². The monoisotopic (exact) mass is 332 g/mol. The van der Waals surface area contributed by atoms with Gasteiger partial charge in [-0.05, 0) is 37.5 Å². The predicted octanol–water partition coefficient (Wildman–Crippen LogP) is 4.02. The molecule has 1 aliphatic rings. The number of anilines is 1. The van der Waals surface area contributed by atoms with Crippen molar-refractivity contribution >= 4 is 5.69 Å². The van der Waals surface area contributed by atoms with Gasteiger partial charge >= 0.3 is 0 Å².